The highest BCUT2D eigenvalue weighted by Crippen LogP contribution is 2.45. The highest BCUT2D eigenvalue weighted by Gasteiger charge is 2.34. The van der Waals surface area contributed by atoms with E-state index in [0.717, 1.165) is 50.3 Å². The van der Waals surface area contributed by atoms with Crippen LogP contribution in [0.2, 0.25) is 0 Å². The molecule has 2 atom stereocenters. The first-order valence-corrected chi connectivity index (χ1v) is 13.4. The third-order valence-corrected chi connectivity index (χ3v) is 9.26. The molecule has 182 valence electrons. The summed E-state index contributed by atoms with van der Waals surface area (Å²) in [7, 11) is 0. The Morgan fingerprint density at radius 1 is 1.26 bits per heavy atom. The molecular formula is C28H38N4OS. The van der Waals surface area contributed by atoms with E-state index in [0.29, 0.717) is 29.5 Å². The number of nitrogens with zero attached hydrogens (tertiary/aromatic N) is 3. The SMILES string of the molecule is CCC(C)(C)C1CCc2c(sc(NC(=O)CN3CCN(c4ccc(C)cc4)C(C)C3)c2C#N)C1. The van der Waals surface area contributed by atoms with Crippen LogP contribution in [0.1, 0.15) is 62.1 Å². The summed E-state index contributed by atoms with van der Waals surface area (Å²) in [5.41, 5.74) is 4.68. The summed E-state index contributed by atoms with van der Waals surface area (Å²) in [6, 6.07) is 11.4. The minimum absolute atomic E-state index is 0.0171. The van der Waals surface area contributed by atoms with Crippen molar-refractivity contribution in [1.29, 1.82) is 5.26 Å². The number of carbonyl (C=O) groups excluding carboxylic acids is 1. The lowest BCUT2D eigenvalue weighted by Gasteiger charge is -2.41. The van der Waals surface area contributed by atoms with Crippen LogP contribution >= 0.6 is 11.3 Å². The van der Waals surface area contributed by atoms with Gasteiger partial charge in [-0.05, 0) is 62.1 Å². The molecule has 2 aromatic rings. The molecule has 1 aliphatic carbocycles. The Morgan fingerprint density at radius 2 is 2.00 bits per heavy atom. The standard InChI is InChI=1S/C28H38N4OS/c1-6-28(4,5)21-9-12-23-24(16-29)27(34-25(23)15-21)30-26(33)18-31-13-14-32(20(3)17-31)22-10-7-19(2)8-11-22/h7-8,10-11,20-21H,6,9,12-15,17-18H2,1-5H3,(H,30,33). The smallest absolute Gasteiger partial charge is 0.239 e. The minimum atomic E-state index is -0.0171. The van der Waals surface area contributed by atoms with Crippen LogP contribution in [0, 0.1) is 29.6 Å². The molecular weight excluding hydrogens is 440 g/mol. The summed E-state index contributed by atoms with van der Waals surface area (Å²) >= 11 is 1.63. The van der Waals surface area contributed by atoms with Gasteiger partial charge in [-0.3, -0.25) is 9.69 Å². The Morgan fingerprint density at radius 3 is 2.65 bits per heavy atom. The zero-order chi connectivity index (χ0) is 24.5. The van der Waals surface area contributed by atoms with Crippen LogP contribution in [0.3, 0.4) is 0 Å². The fourth-order valence-electron chi connectivity index (χ4n) is 5.41. The normalized spacial score (nSPS) is 21.1. The van der Waals surface area contributed by atoms with E-state index in [1.807, 2.05) is 0 Å². The Hall–Kier alpha value is -2.36. The molecule has 5 nitrogen and oxygen atoms in total. The summed E-state index contributed by atoms with van der Waals surface area (Å²) in [5.74, 6) is 0.613. The number of nitriles is 1. The van der Waals surface area contributed by atoms with E-state index < -0.39 is 0 Å². The van der Waals surface area contributed by atoms with Gasteiger partial charge in [-0.2, -0.15) is 5.26 Å². The monoisotopic (exact) mass is 478 g/mol. The number of benzene rings is 1. The van der Waals surface area contributed by atoms with Crippen molar-refractivity contribution in [3.63, 3.8) is 0 Å². The minimum Gasteiger partial charge on any atom is -0.366 e. The number of thiophene rings is 1. The second-order valence-corrected chi connectivity index (χ2v) is 11.9. The molecule has 2 unspecified atom stereocenters. The Labute approximate surface area is 208 Å². The van der Waals surface area contributed by atoms with Crippen LogP contribution in [0.5, 0.6) is 0 Å². The summed E-state index contributed by atoms with van der Waals surface area (Å²) in [4.78, 5) is 18.9. The fraction of sp³-hybridized carbons (Fsp3) is 0.571. The number of amides is 1. The molecule has 0 radical (unpaired) electrons. The van der Waals surface area contributed by atoms with Crippen LogP contribution in [0.15, 0.2) is 24.3 Å². The molecule has 4 rings (SSSR count). The van der Waals surface area contributed by atoms with Crippen molar-refractivity contribution in [2.24, 2.45) is 11.3 Å². The van der Waals surface area contributed by atoms with Crippen LogP contribution < -0.4 is 10.2 Å². The Bertz CT molecular complexity index is 1070. The molecule has 1 aromatic heterocycles. The first kappa shape index (κ1) is 24.8. The van der Waals surface area contributed by atoms with Gasteiger partial charge in [0.25, 0.3) is 0 Å². The van der Waals surface area contributed by atoms with Crippen molar-refractivity contribution in [2.75, 3.05) is 36.4 Å². The Balaban J connectivity index is 1.38. The number of fused-ring (bicyclic) bond motifs is 1. The molecule has 0 saturated carbocycles. The number of nitrogens with one attached hydrogen (secondary N) is 1. The van der Waals surface area contributed by atoms with Crippen LogP contribution in [0.25, 0.3) is 0 Å². The number of carbonyl (C=O) groups is 1. The summed E-state index contributed by atoms with van der Waals surface area (Å²) in [5, 5.41) is 13.7. The molecule has 34 heavy (non-hydrogen) atoms. The fourth-order valence-corrected chi connectivity index (χ4v) is 6.71. The quantitative estimate of drug-likeness (QED) is 0.585. The van der Waals surface area contributed by atoms with Gasteiger partial charge in [-0.25, -0.2) is 0 Å². The molecule has 1 saturated heterocycles. The van der Waals surface area contributed by atoms with Crippen molar-refractivity contribution in [1.82, 2.24) is 4.90 Å². The highest BCUT2D eigenvalue weighted by atomic mass is 32.1. The van der Waals surface area contributed by atoms with Gasteiger partial charge in [0.1, 0.15) is 11.1 Å². The predicted molar refractivity (Wildman–Crippen MR) is 142 cm³/mol. The van der Waals surface area contributed by atoms with Crippen LogP contribution in [0.4, 0.5) is 10.7 Å². The van der Waals surface area contributed by atoms with Crippen molar-refractivity contribution >= 4 is 27.9 Å². The van der Waals surface area contributed by atoms with Crippen molar-refractivity contribution in [3.8, 4) is 6.07 Å². The Kier molecular flexibility index (Phi) is 7.35. The summed E-state index contributed by atoms with van der Waals surface area (Å²) in [6.07, 6.45) is 4.24. The lowest BCUT2D eigenvalue weighted by Crippen LogP contribution is -2.53. The molecule has 1 aromatic carbocycles. The summed E-state index contributed by atoms with van der Waals surface area (Å²) < 4.78 is 0. The number of anilines is 2. The van der Waals surface area contributed by atoms with Crippen molar-refractivity contribution in [2.45, 2.75) is 66.3 Å². The maximum Gasteiger partial charge on any atom is 0.239 e. The number of hydrogen-bond donors (Lipinski definition) is 1. The topological polar surface area (TPSA) is 59.4 Å². The first-order chi connectivity index (χ1) is 16.2. The average Bonchev–Trinajstić information content (AvgIpc) is 3.15. The van der Waals surface area contributed by atoms with Gasteiger partial charge in [0.05, 0.1) is 12.1 Å². The van der Waals surface area contributed by atoms with Crippen LogP contribution in [-0.4, -0.2) is 43.0 Å². The zero-order valence-electron chi connectivity index (χ0n) is 21.3. The van der Waals surface area contributed by atoms with Gasteiger partial charge >= 0.3 is 0 Å². The van der Waals surface area contributed by atoms with E-state index in [-0.39, 0.29) is 5.91 Å². The van der Waals surface area contributed by atoms with Gasteiger partial charge in [-0.1, -0.05) is 44.9 Å². The van der Waals surface area contributed by atoms with E-state index >= 15 is 0 Å². The summed E-state index contributed by atoms with van der Waals surface area (Å²) in [6.45, 7) is 14.3. The van der Waals surface area contributed by atoms with Gasteiger partial charge in [0.2, 0.25) is 5.91 Å². The van der Waals surface area contributed by atoms with Gasteiger partial charge in [0, 0.05) is 36.2 Å². The van der Waals surface area contributed by atoms with E-state index in [4.69, 9.17) is 0 Å². The molecule has 1 fully saturated rings. The van der Waals surface area contributed by atoms with Gasteiger partial charge in [-0.15, -0.1) is 11.3 Å². The number of piperazine rings is 1. The molecule has 0 bridgehead atoms. The van der Waals surface area contributed by atoms with E-state index in [2.05, 4.69) is 80.1 Å². The van der Waals surface area contributed by atoms with Crippen molar-refractivity contribution in [3.05, 3.63) is 45.8 Å². The molecule has 0 spiro atoms. The maximum atomic E-state index is 13.0. The molecule has 6 heteroatoms. The predicted octanol–water partition coefficient (Wildman–Crippen LogP) is 5.62. The lowest BCUT2D eigenvalue weighted by atomic mass is 9.69. The third kappa shape index (κ3) is 5.16. The first-order valence-electron chi connectivity index (χ1n) is 12.6. The van der Waals surface area contributed by atoms with E-state index in [9.17, 15) is 10.1 Å². The number of rotatable bonds is 6. The maximum absolute atomic E-state index is 13.0. The zero-order valence-corrected chi connectivity index (χ0v) is 22.1. The number of hydrogen-bond acceptors (Lipinski definition) is 5. The number of aryl methyl sites for hydroxylation is 1. The molecule has 1 amide bonds. The highest BCUT2D eigenvalue weighted by molar-refractivity contribution is 7.16. The van der Waals surface area contributed by atoms with E-state index in [1.54, 1.807) is 11.3 Å². The van der Waals surface area contributed by atoms with E-state index in [1.165, 1.54) is 21.7 Å². The third-order valence-electron chi connectivity index (χ3n) is 8.09. The largest absolute Gasteiger partial charge is 0.366 e. The molecule has 1 N–H and O–H groups in total. The average molecular weight is 479 g/mol. The van der Waals surface area contributed by atoms with Crippen molar-refractivity contribution < 1.29 is 4.79 Å². The second-order valence-electron chi connectivity index (χ2n) is 10.8. The van der Waals surface area contributed by atoms with Crippen LogP contribution in [-0.2, 0) is 17.6 Å². The van der Waals surface area contributed by atoms with Gasteiger partial charge in [0.15, 0.2) is 0 Å². The molecule has 1 aliphatic heterocycles. The molecule has 2 heterocycles. The lowest BCUT2D eigenvalue weighted by molar-refractivity contribution is -0.117. The molecule has 2 aliphatic rings. The van der Waals surface area contributed by atoms with Gasteiger partial charge < -0.3 is 10.2 Å². The second kappa shape index (κ2) is 10.1.